The first-order valence-electron chi connectivity index (χ1n) is 17.6. The summed E-state index contributed by atoms with van der Waals surface area (Å²) in [6, 6.07) is 27.4. The van der Waals surface area contributed by atoms with Crippen LogP contribution in [-0.2, 0) is 21.7 Å². The Morgan fingerprint density at radius 3 is 1.04 bits per heavy atom. The first-order chi connectivity index (χ1) is 21.0. The van der Waals surface area contributed by atoms with Crippen molar-refractivity contribution >= 4 is 28.8 Å². The van der Waals surface area contributed by atoms with E-state index in [4.69, 9.17) is 0 Å². The van der Waals surface area contributed by atoms with Gasteiger partial charge >= 0.3 is 21.7 Å². The van der Waals surface area contributed by atoms with Gasteiger partial charge in [-0.25, -0.2) is 0 Å². The molecule has 5 heteroatoms. The van der Waals surface area contributed by atoms with Crippen LogP contribution in [0, 0.1) is 27.7 Å². The van der Waals surface area contributed by atoms with Gasteiger partial charge in [-0.2, -0.15) is 22.3 Å². The summed E-state index contributed by atoms with van der Waals surface area (Å²) in [6.45, 7) is 28.6. The Labute approximate surface area is 329 Å². The maximum absolute atomic E-state index is 2.76. The quantitative estimate of drug-likeness (QED) is 0.116. The molecule has 0 aliphatic heterocycles. The normalized spacial score (nSPS) is 14.6. The summed E-state index contributed by atoms with van der Waals surface area (Å²) in [4.78, 5) is 0. The van der Waals surface area contributed by atoms with E-state index < -0.39 is 8.07 Å². The molecule has 0 N–H and O–H groups in total. The van der Waals surface area contributed by atoms with Crippen molar-refractivity contribution in [2.45, 2.75) is 132 Å². The predicted molar refractivity (Wildman–Crippen MR) is 199 cm³/mol. The molecule has 0 spiro atoms. The zero-order chi connectivity index (χ0) is 32.3. The Morgan fingerprint density at radius 1 is 0.479 bits per heavy atom. The van der Waals surface area contributed by atoms with Crippen LogP contribution in [0.3, 0.4) is 0 Å². The molecule has 0 aromatic heterocycles. The number of benzene rings is 3. The summed E-state index contributed by atoms with van der Waals surface area (Å²) in [5.74, 6) is 2.08. The molecule has 0 radical (unpaired) electrons. The van der Waals surface area contributed by atoms with Crippen molar-refractivity contribution in [1.29, 1.82) is 0 Å². The fourth-order valence-corrected chi connectivity index (χ4v) is 12.9. The van der Waals surface area contributed by atoms with Gasteiger partial charge in [0.25, 0.3) is 0 Å². The molecule has 0 nitrogen and oxygen atoms in total. The molecule has 4 atom stereocenters. The molecule has 0 heterocycles. The fraction of sp³-hybridized carbons (Fsp3) is 0.465. The van der Waals surface area contributed by atoms with Gasteiger partial charge in [-0.15, -0.1) is 5.19 Å². The van der Waals surface area contributed by atoms with E-state index in [1.807, 2.05) is 0 Å². The maximum Gasteiger partial charge on any atom is 4.00 e. The van der Waals surface area contributed by atoms with Gasteiger partial charge in [0.05, 0.1) is 0 Å². The Morgan fingerprint density at radius 2 is 0.771 bits per heavy atom. The van der Waals surface area contributed by atoms with Crippen LogP contribution in [0.2, 0.25) is 0 Å². The smallest absolute Gasteiger partial charge is 1.00 e. The topological polar surface area (TPSA) is 0 Å². The Bertz CT molecular complexity index is 1430. The second-order valence-corrected chi connectivity index (χ2v) is 17.7. The molecule has 0 saturated carbocycles. The average molecular weight is 758 g/mol. The molecule has 48 heavy (non-hydrogen) atoms. The van der Waals surface area contributed by atoms with Crippen LogP contribution in [0.4, 0.5) is 0 Å². The van der Waals surface area contributed by atoms with E-state index in [1.54, 1.807) is 15.6 Å². The minimum atomic E-state index is -2.76. The summed E-state index contributed by atoms with van der Waals surface area (Å²) in [6.07, 6.45) is 4.60. The van der Waals surface area contributed by atoms with Crippen molar-refractivity contribution in [2.75, 3.05) is 0 Å². The Balaban J connectivity index is 0.00000552. The van der Waals surface area contributed by atoms with Gasteiger partial charge in [0.15, 0.2) is 0 Å². The molecule has 0 saturated heterocycles. The third-order valence-corrected chi connectivity index (χ3v) is 16.6. The van der Waals surface area contributed by atoms with Crippen LogP contribution >= 0.6 is 0 Å². The van der Waals surface area contributed by atoms with Gasteiger partial charge in [0.1, 0.15) is 8.07 Å². The van der Waals surface area contributed by atoms with E-state index in [0.717, 1.165) is 25.7 Å². The number of hydrogen-bond donors (Lipinski definition) is 0. The number of rotatable bonds is 12. The van der Waals surface area contributed by atoms with Crippen molar-refractivity contribution < 1.29 is 58.9 Å². The van der Waals surface area contributed by atoms with Gasteiger partial charge in [0.2, 0.25) is 0 Å². The van der Waals surface area contributed by atoms with Gasteiger partial charge in [-0.3, -0.25) is 0 Å². The standard InChI is InChI=1S/C43H59Si.3ClH.Ti/c1-13-28(5)36-22-37(29(6)14-2)25-41(24-36)44(40-20-18-17-19-21-40,43-34(11)32(9)33(10)35(43)12)42-26-38(30(7)15-3)23-39(27-42)31(8)16-4;;;;/h17-31H,13-16H2,1-12H3;3*1H;/q-1;;;;+4/p-3. The van der Waals surface area contributed by atoms with Gasteiger partial charge in [-0.1, -0.05) is 165 Å². The second-order valence-electron chi connectivity index (χ2n) is 14.0. The van der Waals surface area contributed by atoms with Crippen LogP contribution in [-0.4, -0.2) is 8.07 Å². The summed E-state index contributed by atoms with van der Waals surface area (Å²) in [5, 5.41) is 6.24. The van der Waals surface area contributed by atoms with Crippen molar-refractivity contribution in [3.05, 3.63) is 111 Å². The van der Waals surface area contributed by atoms with Gasteiger partial charge in [-0.05, 0) is 71.6 Å². The van der Waals surface area contributed by atoms with E-state index in [0.29, 0.717) is 23.7 Å². The molecule has 0 aliphatic carbocycles. The summed E-state index contributed by atoms with van der Waals surface area (Å²) >= 11 is 0. The molecule has 0 aliphatic rings. The summed E-state index contributed by atoms with van der Waals surface area (Å²) < 4.78 is 0. The van der Waals surface area contributed by atoms with Crippen molar-refractivity contribution in [3.63, 3.8) is 0 Å². The molecule has 0 fully saturated rings. The van der Waals surface area contributed by atoms with Crippen LogP contribution in [0.15, 0.2) is 66.7 Å². The van der Waals surface area contributed by atoms with Crippen LogP contribution in [0.25, 0.3) is 0 Å². The second kappa shape index (κ2) is 20.0. The monoisotopic (exact) mass is 756 g/mol. The predicted octanol–water partition coefficient (Wildman–Crippen LogP) is 1.08. The van der Waals surface area contributed by atoms with Crippen LogP contribution < -0.4 is 58.0 Å². The molecular weight excluding hydrogens is 699 g/mol. The van der Waals surface area contributed by atoms with Crippen LogP contribution in [0.1, 0.15) is 149 Å². The van der Waals surface area contributed by atoms with Crippen molar-refractivity contribution in [1.82, 2.24) is 0 Å². The van der Waals surface area contributed by atoms with E-state index in [1.165, 1.54) is 49.7 Å². The summed E-state index contributed by atoms with van der Waals surface area (Å²) in [7, 11) is -2.76. The largest absolute Gasteiger partial charge is 4.00 e. The fourth-order valence-electron chi connectivity index (χ4n) is 7.27. The van der Waals surface area contributed by atoms with Crippen molar-refractivity contribution in [2.24, 2.45) is 0 Å². The van der Waals surface area contributed by atoms with E-state index in [-0.39, 0.29) is 58.9 Å². The average Bonchev–Trinajstić information content (AvgIpc) is 3.25. The molecule has 0 amide bonds. The first-order valence-corrected chi connectivity index (χ1v) is 19.6. The van der Waals surface area contributed by atoms with E-state index >= 15 is 0 Å². The first kappa shape index (κ1) is 46.8. The summed E-state index contributed by atoms with van der Waals surface area (Å²) in [5.41, 5.74) is 11.9. The van der Waals surface area contributed by atoms with Crippen LogP contribution in [0.5, 0.6) is 0 Å². The number of hydrogen-bond acceptors (Lipinski definition) is 0. The Kier molecular flexibility index (Phi) is 19.5. The molecule has 4 aromatic rings. The van der Waals surface area contributed by atoms with E-state index in [2.05, 4.69) is 150 Å². The van der Waals surface area contributed by atoms with Gasteiger partial charge < -0.3 is 37.2 Å². The third kappa shape index (κ3) is 8.81. The minimum Gasteiger partial charge on any atom is -1.00 e. The van der Waals surface area contributed by atoms with Crippen molar-refractivity contribution in [3.8, 4) is 0 Å². The SMILES string of the molecule is CCC(C)c1cc(C(C)CC)cc([Si](c2ccccc2)(c2cc(C(C)CC)cc(C(C)CC)c2)[c-]2c(C)c(C)c(C)c2C)c1.[Cl-].[Cl-].[Cl-].[Ti+4]. The molecule has 0 bridgehead atoms. The Hall–Kier alpha value is -1.19. The molecule has 260 valence electrons. The minimum absolute atomic E-state index is 0. The molecule has 4 rings (SSSR count). The molecule has 4 aromatic carbocycles. The van der Waals surface area contributed by atoms with E-state index in [9.17, 15) is 0 Å². The zero-order valence-electron chi connectivity index (χ0n) is 31.6. The number of halogens is 3. The molecule has 4 unspecified atom stereocenters. The van der Waals surface area contributed by atoms with Gasteiger partial charge in [0, 0.05) is 0 Å². The molecular formula is C43H59Cl3SiTi. The third-order valence-electron chi connectivity index (χ3n) is 11.6. The zero-order valence-corrected chi connectivity index (χ0v) is 36.5. The maximum atomic E-state index is 2.65.